The summed E-state index contributed by atoms with van der Waals surface area (Å²) in [7, 11) is 0. The van der Waals surface area contributed by atoms with Gasteiger partial charge in [0.2, 0.25) is 0 Å². The third kappa shape index (κ3) is 1.77. The van der Waals surface area contributed by atoms with E-state index >= 15 is 0 Å². The molecule has 0 spiro atoms. The molecule has 0 radical (unpaired) electrons. The lowest BCUT2D eigenvalue weighted by Gasteiger charge is -1.94. The molecule has 0 saturated heterocycles. The Morgan fingerprint density at radius 1 is 1.60 bits per heavy atom. The van der Waals surface area contributed by atoms with Gasteiger partial charge in [-0.05, 0) is 12.6 Å². The molecule has 0 fully saturated rings. The highest BCUT2D eigenvalue weighted by atomic mass is 16.4. The molecule has 0 aliphatic heterocycles. The Hall–Kier alpha value is -0.960. The van der Waals surface area contributed by atoms with E-state index in [2.05, 4.69) is 5.32 Å². The van der Waals surface area contributed by atoms with Gasteiger partial charge in [-0.1, -0.05) is 6.92 Å². The zero-order valence-electron chi connectivity index (χ0n) is 6.05. The second-order valence-corrected chi connectivity index (χ2v) is 2.08. The zero-order valence-corrected chi connectivity index (χ0v) is 6.05. The lowest BCUT2D eigenvalue weighted by molar-refractivity contribution is 0.502. The predicted molar refractivity (Wildman–Crippen MR) is 40.5 cm³/mol. The fourth-order valence-electron chi connectivity index (χ4n) is 0.738. The average molecular weight is 140 g/mol. The topological polar surface area (TPSA) is 51.2 Å². The van der Waals surface area contributed by atoms with Crippen molar-refractivity contribution in [2.75, 3.05) is 12.3 Å². The molecule has 0 aromatic carbocycles. The smallest absolute Gasteiger partial charge is 0.190 e. The lowest BCUT2D eigenvalue weighted by atomic mass is 10.4. The monoisotopic (exact) mass is 140 g/mol. The molecule has 0 saturated carbocycles. The van der Waals surface area contributed by atoms with Crippen LogP contribution in [0.15, 0.2) is 16.5 Å². The molecule has 1 heterocycles. The number of anilines is 1. The summed E-state index contributed by atoms with van der Waals surface area (Å²) in [6, 6.07) is 3.63. The van der Waals surface area contributed by atoms with Gasteiger partial charge in [-0.2, -0.15) is 0 Å². The van der Waals surface area contributed by atoms with Crippen molar-refractivity contribution in [3.63, 3.8) is 0 Å². The third-order valence-corrected chi connectivity index (χ3v) is 1.23. The van der Waals surface area contributed by atoms with Gasteiger partial charge >= 0.3 is 0 Å². The number of rotatable bonds is 3. The maximum absolute atomic E-state index is 5.36. The molecule has 10 heavy (non-hydrogen) atoms. The molecular weight excluding hydrogens is 128 g/mol. The first-order chi connectivity index (χ1) is 4.83. The highest BCUT2D eigenvalue weighted by molar-refractivity contribution is 5.25. The molecule has 3 N–H and O–H groups in total. The van der Waals surface area contributed by atoms with Crippen molar-refractivity contribution in [1.29, 1.82) is 0 Å². The van der Waals surface area contributed by atoms with Crippen molar-refractivity contribution in [1.82, 2.24) is 5.32 Å². The summed E-state index contributed by atoms with van der Waals surface area (Å²) in [5.41, 5.74) is 5.36. The Bertz CT molecular complexity index is 195. The van der Waals surface area contributed by atoms with Gasteiger partial charge in [-0.3, -0.25) is 0 Å². The van der Waals surface area contributed by atoms with E-state index in [0.717, 1.165) is 18.8 Å². The fourth-order valence-corrected chi connectivity index (χ4v) is 0.738. The summed E-state index contributed by atoms with van der Waals surface area (Å²) in [5, 5.41) is 3.13. The fraction of sp³-hybridized carbons (Fsp3) is 0.429. The van der Waals surface area contributed by atoms with Gasteiger partial charge in [0, 0.05) is 6.07 Å². The van der Waals surface area contributed by atoms with Gasteiger partial charge in [0.1, 0.15) is 5.76 Å². The van der Waals surface area contributed by atoms with E-state index in [0.29, 0.717) is 5.88 Å². The first kappa shape index (κ1) is 7.15. The van der Waals surface area contributed by atoms with Crippen LogP contribution < -0.4 is 11.1 Å². The molecule has 1 aromatic rings. The van der Waals surface area contributed by atoms with Crippen LogP contribution in [-0.4, -0.2) is 6.54 Å². The molecule has 0 amide bonds. The first-order valence-electron chi connectivity index (χ1n) is 3.38. The van der Waals surface area contributed by atoms with Crippen LogP contribution in [0.3, 0.4) is 0 Å². The van der Waals surface area contributed by atoms with Gasteiger partial charge in [-0.15, -0.1) is 0 Å². The molecule has 0 bridgehead atoms. The van der Waals surface area contributed by atoms with Crippen LogP contribution in [0.5, 0.6) is 0 Å². The second-order valence-electron chi connectivity index (χ2n) is 2.08. The van der Waals surface area contributed by atoms with Crippen LogP contribution >= 0.6 is 0 Å². The molecule has 1 aromatic heterocycles. The SMILES string of the molecule is CCNCc1ccc(N)o1. The zero-order chi connectivity index (χ0) is 7.40. The van der Waals surface area contributed by atoms with Crippen molar-refractivity contribution in [3.8, 4) is 0 Å². The number of hydrogen-bond donors (Lipinski definition) is 2. The quantitative estimate of drug-likeness (QED) is 0.657. The highest BCUT2D eigenvalue weighted by Crippen LogP contribution is 2.07. The first-order valence-corrected chi connectivity index (χ1v) is 3.38. The average Bonchev–Trinajstić information content (AvgIpc) is 2.31. The summed E-state index contributed by atoms with van der Waals surface area (Å²) < 4.78 is 5.10. The van der Waals surface area contributed by atoms with Crippen LogP contribution in [0.2, 0.25) is 0 Å². The largest absolute Gasteiger partial charge is 0.445 e. The lowest BCUT2D eigenvalue weighted by Crippen LogP contribution is -2.10. The molecule has 0 aliphatic carbocycles. The van der Waals surface area contributed by atoms with Crippen molar-refractivity contribution < 1.29 is 4.42 Å². The summed E-state index contributed by atoms with van der Waals surface area (Å²) in [5.74, 6) is 1.37. The summed E-state index contributed by atoms with van der Waals surface area (Å²) in [6.45, 7) is 3.75. The van der Waals surface area contributed by atoms with E-state index in [1.54, 1.807) is 6.07 Å². The Morgan fingerprint density at radius 3 is 2.90 bits per heavy atom. The summed E-state index contributed by atoms with van der Waals surface area (Å²) in [4.78, 5) is 0. The van der Waals surface area contributed by atoms with E-state index in [4.69, 9.17) is 10.2 Å². The van der Waals surface area contributed by atoms with Gasteiger partial charge in [0.15, 0.2) is 5.88 Å². The normalized spacial score (nSPS) is 10.1. The second kappa shape index (κ2) is 3.27. The summed E-state index contributed by atoms with van der Waals surface area (Å²) in [6.07, 6.45) is 0. The minimum absolute atomic E-state index is 0.480. The van der Waals surface area contributed by atoms with E-state index in [9.17, 15) is 0 Å². The van der Waals surface area contributed by atoms with E-state index in [1.807, 2.05) is 13.0 Å². The standard InChI is InChI=1S/C7H12N2O/c1-2-9-5-6-3-4-7(8)10-6/h3-4,9H,2,5,8H2,1H3. The van der Waals surface area contributed by atoms with Crippen molar-refractivity contribution in [2.45, 2.75) is 13.5 Å². The Balaban J connectivity index is 2.42. The minimum Gasteiger partial charge on any atom is -0.445 e. The van der Waals surface area contributed by atoms with E-state index < -0.39 is 0 Å². The Labute approximate surface area is 60.2 Å². The summed E-state index contributed by atoms with van der Waals surface area (Å²) >= 11 is 0. The molecule has 0 unspecified atom stereocenters. The number of nitrogens with two attached hydrogens (primary N) is 1. The number of furan rings is 1. The van der Waals surface area contributed by atoms with Gasteiger partial charge in [0.05, 0.1) is 6.54 Å². The molecule has 56 valence electrons. The minimum atomic E-state index is 0.480. The maximum Gasteiger partial charge on any atom is 0.190 e. The van der Waals surface area contributed by atoms with Crippen LogP contribution in [0.4, 0.5) is 5.88 Å². The Kier molecular flexibility index (Phi) is 2.34. The third-order valence-electron chi connectivity index (χ3n) is 1.23. The van der Waals surface area contributed by atoms with Crippen molar-refractivity contribution in [3.05, 3.63) is 17.9 Å². The molecule has 3 nitrogen and oxygen atoms in total. The number of nitrogens with one attached hydrogen (secondary N) is 1. The molecule has 1 rings (SSSR count). The van der Waals surface area contributed by atoms with Crippen LogP contribution in [0.1, 0.15) is 12.7 Å². The number of nitrogen functional groups attached to an aromatic ring is 1. The molecule has 3 heteroatoms. The molecule has 0 atom stereocenters. The van der Waals surface area contributed by atoms with Crippen LogP contribution in [-0.2, 0) is 6.54 Å². The van der Waals surface area contributed by atoms with Crippen LogP contribution in [0, 0.1) is 0 Å². The maximum atomic E-state index is 5.36. The predicted octanol–water partition coefficient (Wildman–Crippen LogP) is 0.971. The van der Waals surface area contributed by atoms with E-state index in [-0.39, 0.29) is 0 Å². The molecular formula is C7H12N2O. The number of hydrogen-bond acceptors (Lipinski definition) is 3. The van der Waals surface area contributed by atoms with E-state index in [1.165, 1.54) is 0 Å². The van der Waals surface area contributed by atoms with Crippen molar-refractivity contribution in [2.24, 2.45) is 0 Å². The van der Waals surface area contributed by atoms with Crippen LogP contribution in [0.25, 0.3) is 0 Å². The van der Waals surface area contributed by atoms with Gasteiger partial charge < -0.3 is 15.5 Å². The van der Waals surface area contributed by atoms with Gasteiger partial charge in [0.25, 0.3) is 0 Å². The highest BCUT2D eigenvalue weighted by Gasteiger charge is 1.95. The molecule has 0 aliphatic rings. The van der Waals surface area contributed by atoms with Crippen molar-refractivity contribution >= 4 is 5.88 Å². The van der Waals surface area contributed by atoms with Gasteiger partial charge in [-0.25, -0.2) is 0 Å². The Morgan fingerprint density at radius 2 is 2.40 bits per heavy atom.